The van der Waals surface area contributed by atoms with Gasteiger partial charge in [0.15, 0.2) is 0 Å². The van der Waals surface area contributed by atoms with E-state index in [9.17, 15) is 9.59 Å². The van der Waals surface area contributed by atoms with Crippen LogP contribution < -0.4 is 0 Å². The molecule has 0 unspecified atom stereocenters. The largest absolute Gasteiger partial charge is 0.395 e. The molecule has 0 spiro atoms. The molecule has 0 radical (unpaired) electrons. The average Bonchev–Trinajstić information content (AvgIpc) is 2.28. The highest BCUT2D eigenvalue weighted by Crippen LogP contribution is 2.05. The summed E-state index contributed by atoms with van der Waals surface area (Å²) in [5.41, 5.74) is 1.41. The van der Waals surface area contributed by atoms with Crippen molar-refractivity contribution < 1.29 is 14.7 Å². The molecule has 0 aromatic heterocycles. The second-order valence-corrected chi connectivity index (χ2v) is 3.65. The Morgan fingerprint density at radius 2 is 1.81 bits per heavy atom. The highest BCUT2D eigenvalue weighted by Gasteiger charge is 2.19. The van der Waals surface area contributed by atoms with Crippen molar-refractivity contribution in [2.24, 2.45) is 0 Å². The van der Waals surface area contributed by atoms with Gasteiger partial charge in [0.05, 0.1) is 6.61 Å². The van der Waals surface area contributed by atoms with E-state index in [4.69, 9.17) is 5.11 Å². The number of likely N-dealkylation sites (N-methyl/N-ethyl adjacent to an activating group) is 1. The number of carbonyl (C=O) groups excluding carboxylic acids is 2. The maximum absolute atomic E-state index is 11.7. The molecule has 1 rings (SSSR count). The summed E-state index contributed by atoms with van der Waals surface area (Å²) in [6.07, 6.45) is 0. The first-order valence-corrected chi connectivity index (χ1v) is 5.03. The van der Waals surface area contributed by atoms with E-state index < -0.39 is 11.7 Å². The van der Waals surface area contributed by atoms with Gasteiger partial charge >= 0.3 is 0 Å². The third-order valence-electron chi connectivity index (χ3n) is 2.29. The van der Waals surface area contributed by atoms with E-state index in [-0.39, 0.29) is 13.2 Å². The number of rotatable bonds is 4. The monoisotopic (exact) mass is 221 g/mol. The molecule has 0 atom stereocenters. The smallest absolute Gasteiger partial charge is 0.294 e. The predicted octanol–water partition coefficient (Wildman–Crippen LogP) is 0.628. The van der Waals surface area contributed by atoms with Gasteiger partial charge in [-0.3, -0.25) is 9.59 Å². The van der Waals surface area contributed by atoms with Crippen molar-refractivity contribution in [3.8, 4) is 0 Å². The van der Waals surface area contributed by atoms with Crippen molar-refractivity contribution in [2.45, 2.75) is 6.92 Å². The molecule has 0 aliphatic carbocycles. The van der Waals surface area contributed by atoms with Gasteiger partial charge in [-0.15, -0.1) is 0 Å². The predicted molar refractivity (Wildman–Crippen MR) is 60.2 cm³/mol. The van der Waals surface area contributed by atoms with Crippen LogP contribution in [0, 0.1) is 6.92 Å². The third-order valence-corrected chi connectivity index (χ3v) is 2.29. The van der Waals surface area contributed by atoms with E-state index in [2.05, 4.69) is 0 Å². The summed E-state index contributed by atoms with van der Waals surface area (Å²) >= 11 is 0. The first-order valence-electron chi connectivity index (χ1n) is 5.03. The molecular weight excluding hydrogens is 206 g/mol. The van der Waals surface area contributed by atoms with Gasteiger partial charge in [-0.2, -0.15) is 0 Å². The Morgan fingerprint density at radius 1 is 1.25 bits per heavy atom. The quantitative estimate of drug-likeness (QED) is 0.599. The zero-order chi connectivity index (χ0) is 12.1. The zero-order valence-corrected chi connectivity index (χ0v) is 9.43. The maximum Gasteiger partial charge on any atom is 0.294 e. The summed E-state index contributed by atoms with van der Waals surface area (Å²) in [6.45, 7) is 1.92. The number of benzene rings is 1. The number of nitrogens with zero attached hydrogens (tertiary/aromatic N) is 1. The van der Waals surface area contributed by atoms with Gasteiger partial charge in [-0.05, 0) is 6.92 Å². The molecule has 1 N–H and O–H groups in total. The molecular formula is C12H15NO3. The molecule has 0 saturated heterocycles. The number of Topliss-reactive ketones (excluding diaryl/α,β-unsaturated/α-hetero) is 1. The van der Waals surface area contributed by atoms with E-state index >= 15 is 0 Å². The standard InChI is InChI=1S/C12H15NO3/c1-9-3-5-10(6-4-9)11(15)12(16)13(2)7-8-14/h3-6,14H,7-8H2,1-2H3. The number of amides is 1. The zero-order valence-electron chi connectivity index (χ0n) is 9.43. The molecule has 0 bridgehead atoms. The van der Waals surface area contributed by atoms with Gasteiger partial charge < -0.3 is 10.0 Å². The fourth-order valence-electron chi connectivity index (χ4n) is 1.25. The molecule has 4 nitrogen and oxygen atoms in total. The molecule has 1 aromatic carbocycles. The van der Waals surface area contributed by atoms with Crippen molar-refractivity contribution in [3.63, 3.8) is 0 Å². The summed E-state index contributed by atoms with van der Waals surface area (Å²) in [7, 11) is 1.49. The van der Waals surface area contributed by atoms with Gasteiger partial charge in [0.25, 0.3) is 5.91 Å². The van der Waals surface area contributed by atoms with E-state index in [0.29, 0.717) is 5.56 Å². The fraction of sp³-hybridized carbons (Fsp3) is 0.333. The Morgan fingerprint density at radius 3 is 2.31 bits per heavy atom. The van der Waals surface area contributed by atoms with Crippen molar-refractivity contribution in [1.29, 1.82) is 0 Å². The summed E-state index contributed by atoms with van der Waals surface area (Å²) < 4.78 is 0. The Balaban J connectivity index is 2.78. The highest BCUT2D eigenvalue weighted by molar-refractivity contribution is 6.42. The van der Waals surface area contributed by atoms with Gasteiger partial charge in [-0.1, -0.05) is 29.8 Å². The van der Waals surface area contributed by atoms with Crippen LogP contribution >= 0.6 is 0 Å². The van der Waals surface area contributed by atoms with Gasteiger partial charge in [0.1, 0.15) is 0 Å². The lowest BCUT2D eigenvalue weighted by Gasteiger charge is -2.14. The molecule has 0 saturated carbocycles. The number of hydrogen-bond acceptors (Lipinski definition) is 3. The van der Waals surface area contributed by atoms with Crippen LogP contribution in [0.25, 0.3) is 0 Å². The minimum Gasteiger partial charge on any atom is -0.395 e. The topological polar surface area (TPSA) is 57.6 Å². The van der Waals surface area contributed by atoms with Crippen molar-refractivity contribution in [1.82, 2.24) is 4.90 Å². The van der Waals surface area contributed by atoms with Crippen molar-refractivity contribution in [2.75, 3.05) is 20.2 Å². The van der Waals surface area contributed by atoms with Crippen LogP contribution in [0.3, 0.4) is 0 Å². The van der Waals surface area contributed by atoms with Gasteiger partial charge in [0.2, 0.25) is 5.78 Å². The molecule has 1 aromatic rings. The molecule has 16 heavy (non-hydrogen) atoms. The lowest BCUT2D eigenvalue weighted by molar-refractivity contribution is -0.125. The number of aliphatic hydroxyl groups is 1. The van der Waals surface area contributed by atoms with Crippen LogP contribution in [0.2, 0.25) is 0 Å². The lowest BCUT2D eigenvalue weighted by Crippen LogP contribution is -2.35. The van der Waals surface area contributed by atoms with E-state index in [1.165, 1.54) is 11.9 Å². The normalized spacial score (nSPS) is 9.94. The van der Waals surface area contributed by atoms with Crippen molar-refractivity contribution >= 4 is 11.7 Å². The average molecular weight is 221 g/mol. The minimum atomic E-state index is -0.599. The fourth-order valence-corrected chi connectivity index (χ4v) is 1.25. The molecule has 0 aliphatic rings. The molecule has 0 aliphatic heterocycles. The van der Waals surface area contributed by atoms with Crippen LogP contribution in [-0.4, -0.2) is 41.9 Å². The van der Waals surface area contributed by atoms with Crippen LogP contribution in [0.15, 0.2) is 24.3 Å². The molecule has 4 heteroatoms. The number of aliphatic hydroxyl groups excluding tert-OH is 1. The van der Waals surface area contributed by atoms with E-state index in [1.807, 2.05) is 6.92 Å². The molecule has 86 valence electrons. The summed E-state index contributed by atoms with van der Waals surface area (Å²) in [5.74, 6) is -1.14. The number of hydrogen-bond donors (Lipinski definition) is 1. The first kappa shape index (κ1) is 12.4. The Bertz CT molecular complexity index is 384. The second-order valence-electron chi connectivity index (χ2n) is 3.65. The maximum atomic E-state index is 11.7. The number of ketones is 1. The van der Waals surface area contributed by atoms with Crippen LogP contribution in [0.4, 0.5) is 0 Å². The molecule has 0 heterocycles. The Hall–Kier alpha value is -1.68. The summed E-state index contributed by atoms with van der Waals surface area (Å²) in [4.78, 5) is 24.5. The highest BCUT2D eigenvalue weighted by atomic mass is 16.3. The molecule has 1 amide bonds. The van der Waals surface area contributed by atoms with E-state index in [1.54, 1.807) is 24.3 Å². The van der Waals surface area contributed by atoms with Gasteiger partial charge in [-0.25, -0.2) is 0 Å². The van der Waals surface area contributed by atoms with Crippen LogP contribution in [-0.2, 0) is 4.79 Å². The van der Waals surface area contributed by atoms with Crippen molar-refractivity contribution in [3.05, 3.63) is 35.4 Å². The lowest BCUT2D eigenvalue weighted by atomic mass is 10.1. The van der Waals surface area contributed by atoms with E-state index in [0.717, 1.165) is 5.56 Å². The van der Waals surface area contributed by atoms with Crippen LogP contribution in [0.5, 0.6) is 0 Å². The molecule has 0 fully saturated rings. The third kappa shape index (κ3) is 2.90. The second kappa shape index (κ2) is 5.42. The first-order chi connectivity index (χ1) is 7.56. The van der Waals surface area contributed by atoms with Crippen LogP contribution in [0.1, 0.15) is 15.9 Å². The SMILES string of the molecule is Cc1ccc(C(=O)C(=O)N(C)CCO)cc1. The summed E-state index contributed by atoms with van der Waals surface area (Å²) in [6, 6.07) is 6.82. The summed E-state index contributed by atoms with van der Waals surface area (Å²) in [5, 5.41) is 8.67. The minimum absolute atomic E-state index is 0.149. The Kier molecular flexibility index (Phi) is 4.19. The van der Waals surface area contributed by atoms with Gasteiger partial charge in [0, 0.05) is 19.2 Å². The number of carbonyl (C=O) groups is 2. The Labute approximate surface area is 94.5 Å². The number of aryl methyl sites for hydroxylation is 1.